The van der Waals surface area contributed by atoms with Crippen LogP contribution in [0.3, 0.4) is 0 Å². The van der Waals surface area contributed by atoms with Gasteiger partial charge in [-0.15, -0.1) is 0 Å². The topological polar surface area (TPSA) is 32.3 Å². The van der Waals surface area contributed by atoms with E-state index in [1.807, 2.05) is 23.8 Å². The second-order valence-corrected chi connectivity index (χ2v) is 2.69. The van der Waals surface area contributed by atoms with Crippen molar-refractivity contribution in [2.75, 3.05) is 0 Å². The van der Waals surface area contributed by atoms with Crippen LogP contribution in [-0.4, -0.2) is 5.21 Å². The highest BCUT2D eigenvalue weighted by atomic mass is 32.1. The number of hydroxylamine groups is 1. The predicted octanol–water partition coefficient (Wildman–Crippen LogP) is 1.79. The van der Waals surface area contributed by atoms with E-state index >= 15 is 0 Å². The lowest BCUT2D eigenvalue weighted by atomic mass is 10.2. The van der Waals surface area contributed by atoms with Crippen molar-refractivity contribution in [1.82, 2.24) is 5.48 Å². The van der Waals surface area contributed by atoms with E-state index in [-0.39, 0.29) is 6.04 Å². The van der Waals surface area contributed by atoms with Gasteiger partial charge in [0.1, 0.15) is 0 Å². The van der Waals surface area contributed by atoms with Crippen LogP contribution in [0.1, 0.15) is 18.5 Å². The highest BCUT2D eigenvalue weighted by Crippen LogP contribution is 2.14. The van der Waals surface area contributed by atoms with Gasteiger partial charge < -0.3 is 5.21 Å². The first-order valence-corrected chi connectivity index (χ1v) is 3.70. The molecular weight excluding hydrogens is 134 g/mol. The third-order valence-electron chi connectivity index (χ3n) is 1.24. The fourth-order valence-corrected chi connectivity index (χ4v) is 1.35. The fraction of sp³-hybridized carbons (Fsp3) is 0.333. The number of hydrogen-bond donors (Lipinski definition) is 2. The Bertz CT molecular complexity index is 162. The molecule has 2 N–H and O–H groups in total. The number of hydrogen-bond acceptors (Lipinski definition) is 3. The SMILES string of the molecule is C[C@H](NO)c1ccsc1. The molecule has 1 atom stereocenters. The molecule has 0 saturated carbocycles. The molecule has 1 rings (SSSR count). The van der Waals surface area contributed by atoms with Crippen LogP contribution in [0.4, 0.5) is 0 Å². The van der Waals surface area contributed by atoms with Gasteiger partial charge in [-0.3, -0.25) is 0 Å². The maximum absolute atomic E-state index is 8.46. The van der Waals surface area contributed by atoms with Crippen molar-refractivity contribution in [3.63, 3.8) is 0 Å². The first-order chi connectivity index (χ1) is 4.34. The minimum atomic E-state index is 0.0521. The summed E-state index contributed by atoms with van der Waals surface area (Å²) in [6.45, 7) is 1.90. The molecule has 50 valence electrons. The molecule has 0 fully saturated rings. The van der Waals surface area contributed by atoms with Crippen molar-refractivity contribution in [3.05, 3.63) is 22.4 Å². The van der Waals surface area contributed by atoms with Crippen LogP contribution in [0.2, 0.25) is 0 Å². The molecule has 0 radical (unpaired) electrons. The van der Waals surface area contributed by atoms with Gasteiger partial charge in [0.15, 0.2) is 0 Å². The average Bonchev–Trinajstić information content (AvgIpc) is 2.37. The summed E-state index contributed by atoms with van der Waals surface area (Å²) >= 11 is 1.63. The van der Waals surface area contributed by atoms with Crippen LogP contribution in [0.15, 0.2) is 16.8 Å². The lowest BCUT2D eigenvalue weighted by Gasteiger charge is -2.03. The Morgan fingerprint density at radius 3 is 3.00 bits per heavy atom. The Kier molecular flexibility index (Phi) is 2.22. The largest absolute Gasteiger partial charge is 0.316 e. The fourth-order valence-electron chi connectivity index (χ4n) is 0.596. The lowest BCUT2D eigenvalue weighted by Crippen LogP contribution is -2.11. The zero-order valence-electron chi connectivity index (χ0n) is 5.16. The number of nitrogens with one attached hydrogen (secondary N) is 1. The zero-order chi connectivity index (χ0) is 6.69. The van der Waals surface area contributed by atoms with E-state index in [4.69, 9.17) is 5.21 Å². The molecule has 0 amide bonds. The summed E-state index contributed by atoms with van der Waals surface area (Å²) in [6.07, 6.45) is 0. The first-order valence-electron chi connectivity index (χ1n) is 2.76. The van der Waals surface area contributed by atoms with E-state index in [1.165, 1.54) is 0 Å². The number of thiophene rings is 1. The Labute approximate surface area is 58.1 Å². The summed E-state index contributed by atoms with van der Waals surface area (Å²) in [6, 6.07) is 2.04. The second kappa shape index (κ2) is 2.96. The summed E-state index contributed by atoms with van der Waals surface area (Å²) in [4.78, 5) is 0. The van der Waals surface area contributed by atoms with Gasteiger partial charge in [-0.05, 0) is 29.3 Å². The highest BCUT2D eigenvalue weighted by molar-refractivity contribution is 7.07. The van der Waals surface area contributed by atoms with E-state index < -0.39 is 0 Å². The van der Waals surface area contributed by atoms with Gasteiger partial charge in [-0.25, -0.2) is 0 Å². The Morgan fingerprint density at radius 1 is 1.78 bits per heavy atom. The second-order valence-electron chi connectivity index (χ2n) is 1.91. The molecule has 0 bridgehead atoms. The molecule has 0 aliphatic rings. The normalized spacial score (nSPS) is 13.6. The van der Waals surface area contributed by atoms with Gasteiger partial charge in [0.05, 0.1) is 6.04 Å². The van der Waals surface area contributed by atoms with E-state index in [9.17, 15) is 0 Å². The van der Waals surface area contributed by atoms with Crippen LogP contribution >= 0.6 is 11.3 Å². The van der Waals surface area contributed by atoms with Crippen LogP contribution < -0.4 is 5.48 Å². The summed E-state index contributed by atoms with van der Waals surface area (Å²) in [5.41, 5.74) is 3.30. The Morgan fingerprint density at radius 2 is 2.56 bits per heavy atom. The molecule has 0 saturated heterocycles. The summed E-state index contributed by atoms with van der Waals surface area (Å²) < 4.78 is 0. The zero-order valence-corrected chi connectivity index (χ0v) is 5.98. The van der Waals surface area contributed by atoms with E-state index in [0.29, 0.717) is 0 Å². The first kappa shape index (κ1) is 6.74. The van der Waals surface area contributed by atoms with Gasteiger partial charge in [0.25, 0.3) is 0 Å². The van der Waals surface area contributed by atoms with Crippen LogP contribution in [0.5, 0.6) is 0 Å². The maximum atomic E-state index is 8.46. The Balaban J connectivity index is 2.65. The summed E-state index contributed by atoms with van der Waals surface area (Å²) in [5.74, 6) is 0. The van der Waals surface area contributed by atoms with Gasteiger partial charge >= 0.3 is 0 Å². The third kappa shape index (κ3) is 1.51. The molecule has 9 heavy (non-hydrogen) atoms. The van der Waals surface area contributed by atoms with Crippen molar-refractivity contribution in [2.45, 2.75) is 13.0 Å². The molecule has 0 aliphatic heterocycles. The average molecular weight is 143 g/mol. The van der Waals surface area contributed by atoms with Crippen molar-refractivity contribution < 1.29 is 5.21 Å². The van der Waals surface area contributed by atoms with Crippen molar-refractivity contribution in [1.29, 1.82) is 0 Å². The van der Waals surface area contributed by atoms with Crippen LogP contribution in [0.25, 0.3) is 0 Å². The molecular formula is C6H9NOS. The molecule has 2 nitrogen and oxygen atoms in total. The van der Waals surface area contributed by atoms with E-state index in [2.05, 4.69) is 5.48 Å². The molecule has 0 unspecified atom stereocenters. The van der Waals surface area contributed by atoms with Gasteiger partial charge in [-0.2, -0.15) is 16.8 Å². The molecule has 0 aliphatic carbocycles. The molecule has 0 aromatic carbocycles. The predicted molar refractivity (Wildman–Crippen MR) is 37.7 cm³/mol. The smallest absolute Gasteiger partial charge is 0.0548 e. The van der Waals surface area contributed by atoms with Crippen LogP contribution in [-0.2, 0) is 0 Å². The minimum absolute atomic E-state index is 0.0521. The number of rotatable bonds is 2. The van der Waals surface area contributed by atoms with E-state index in [1.54, 1.807) is 11.3 Å². The van der Waals surface area contributed by atoms with Crippen LogP contribution in [0, 0.1) is 0 Å². The summed E-state index contributed by atoms with van der Waals surface area (Å²) in [5, 5.41) is 12.5. The quantitative estimate of drug-likeness (QED) is 0.618. The summed E-state index contributed by atoms with van der Waals surface area (Å²) in [7, 11) is 0. The van der Waals surface area contributed by atoms with Gasteiger partial charge in [0.2, 0.25) is 0 Å². The molecule has 0 spiro atoms. The molecule has 1 aromatic rings. The highest BCUT2D eigenvalue weighted by Gasteiger charge is 2.00. The van der Waals surface area contributed by atoms with E-state index in [0.717, 1.165) is 5.56 Å². The van der Waals surface area contributed by atoms with Gasteiger partial charge in [-0.1, -0.05) is 0 Å². The van der Waals surface area contributed by atoms with Crippen molar-refractivity contribution in [3.8, 4) is 0 Å². The molecule has 1 aromatic heterocycles. The van der Waals surface area contributed by atoms with Crippen molar-refractivity contribution in [2.24, 2.45) is 0 Å². The van der Waals surface area contributed by atoms with Gasteiger partial charge in [0, 0.05) is 0 Å². The Hall–Kier alpha value is -0.380. The monoisotopic (exact) mass is 143 g/mol. The lowest BCUT2D eigenvalue weighted by molar-refractivity contribution is 0.133. The standard InChI is InChI=1S/C6H9NOS/c1-5(7-8)6-2-3-9-4-6/h2-5,7-8H,1H3/t5-/m0/s1. The maximum Gasteiger partial charge on any atom is 0.0548 e. The third-order valence-corrected chi connectivity index (χ3v) is 1.94. The molecule has 3 heteroatoms. The minimum Gasteiger partial charge on any atom is -0.316 e. The van der Waals surface area contributed by atoms with Crippen molar-refractivity contribution >= 4 is 11.3 Å². The molecule has 1 heterocycles.